The van der Waals surface area contributed by atoms with Gasteiger partial charge in [-0.15, -0.1) is 0 Å². The van der Waals surface area contributed by atoms with Crippen LogP contribution in [-0.4, -0.2) is 17.8 Å². The molecule has 0 saturated carbocycles. The van der Waals surface area contributed by atoms with Gasteiger partial charge in [0.2, 0.25) is 0 Å². The first-order valence-electron chi connectivity index (χ1n) is 10.1. The van der Waals surface area contributed by atoms with Gasteiger partial charge in [0, 0.05) is 19.5 Å². The lowest BCUT2D eigenvalue weighted by molar-refractivity contribution is -0.122. The molecule has 3 aromatic rings. The number of hydrogen-bond acceptors (Lipinski definition) is 4. The maximum absolute atomic E-state index is 13.3. The Morgan fingerprint density at radius 3 is 2.56 bits per heavy atom. The van der Waals surface area contributed by atoms with Crippen molar-refractivity contribution in [3.8, 4) is 5.75 Å². The number of nitrogens with one attached hydrogen (secondary N) is 1. The van der Waals surface area contributed by atoms with E-state index >= 15 is 0 Å². The third-order valence-corrected chi connectivity index (χ3v) is 6.67. The number of urea groups is 1. The molecule has 4 rings (SSSR count). The standard InChI is InChI=1S/C25H17Br2ClN2O4/c1-14-9-19(6-7-21(14)27)30-24(32)20(23(31)29-25(30)33)12-16-11-17(26)5-8-22(16)34-13-15-3-2-4-18(28)10-15/h2-12H,13H2,1H3,(H,29,31,33)/b20-12-. The predicted octanol–water partition coefficient (Wildman–Crippen LogP) is 6.42. The second-order valence-electron chi connectivity index (χ2n) is 7.49. The molecule has 0 unspecified atom stereocenters. The first-order chi connectivity index (χ1) is 16.2. The fourth-order valence-electron chi connectivity index (χ4n) is 3.37. The van der Waals surface area contributed by atoms with Gasteiger partial charge in [-0.3, -0.25) is 14.9 Å². The third kappa shape index (κ3) is 5.24. The number of amides is 4. The Morgan fingerprint density at radius 2 is 1.82 bits per heavy atom. The normalized spacial score (nSPS) is 15.0. The zero-order valence-electron chi connectivity index (χ0n) is 17.8. The molecule has 4 amide bonds. The van der Waals surface area contributed by atoms with Crippen molar-refractivity contribution in [3.63, 3.8) is 0 Å². The molecule has 1 saturated heterocycles. The molecule has 0 atom stereocenters. The lowest BCUT2D eigenvalue weighted by atomic mass is 10.1. The maximum Gasteiger partial charge on any atom is 0.335 e. The number of nitrogens with zero attached hydrogens (tertiary/aromatic N) is 1. The van der Waals surface area contributed by atoms with E-state index in [1.165, 1.54) is 6.08 Å². The lowest BCUT2D eigenvalue weighted by Crippen LogP contribution is -2.54. The predicted molar refractivity (Wildman–Crippen MR) is 138 cm³/mol. The SMILES string of the molecule is Cc1cc(N2C(=O)NC(=O)/C(=C/c3cc(Br)ccc3OCc3cccc(Cl)c3)C2=O)ccc1Br. The fourth-order valence-corrected chi connectivity index (χ4v) is 4.21. The number of barbiturate groups is 1. The molecule has 0 aliphatic carbocycles. The van der Waals surface area contributed by atoms with Crippen molar-refractivity contribution in [2.75, 3.05) is 4.90 Å². The third-order valence-electron chi connectivity index (χ3n) is 5.06. The van der Waals surface area contributed by atoms with Crippen molar-refractivity contribution < 1.29 is 19.1 Å². The Hall–Kier alpha value is -2.94. The van der Waals surface area contributed by atoms with E-state index in [-0.39, 0.29) is 12.2 Å². The average Bonchev–Trinajstić information content (AvgIpc) is 2.78. The highest BCUT2D eigenvalue weighted by Crippen LogP contribution is 2.30. The minimum atomic E-state index is -0.805. The number of anilines is 1. The summed E-state index contributed by atoms with van der Waals surface area (Å²) in [5.41, 5.74) is 2.36. The van der Waals surface area contributed by atoms with Gasteiger partial charge in [0.15, 0.2) is 0 Å². The first-order valence-corrected chi connectivity index (χ1v) is 12.0. The molecular weight excluding hydrogens is 588 g/mol. The van der Waals surface area contributed by atoms with Crippen LogP contribution in [0.5, 0.6) is 5.75 Å². The van der Waals surface area contributed by atoms with Crippen LogP contribution in [0.1, 0.15) is 16.7 Å². The van der Waals surface area contributed by atoms with Crippen LogP contribution in [-0.2, 0) is 16.2 Å². The van der Waals surface area contributed by atoms with Crippen molar-refractivity contribution in [1.82, 2.24) is 5.32 Å². The fraction of sp³-hybridized carbons (Fsp3) is 0.0800. The highest BCUT2D eigenvalue weighted by molar-refractivity contribution is 9.10. The van der Waals surface area contributed by atoms with Crippen LogP contribution in [0.25, 0.3) is 6.08 Å². The Balaban J connectivity index is 1.68. The molecule has 1 fully saturated rings. The van der Waals surface area contributed by atoms with E-state index in [4.69, 9.17) is 16.3 Å². The second-order valence-corrected chi connectivity index (χ2v) is 9.70. The molecule has 0 bridgehead atoms. The number of halogens is 3. The van der Waals surface area contributed by atoms with Gasteiger partial charge in [-0.25, -0.2) is 9.69 Å². The van der Waals surface area contributed by atoms with Crippen LogP contribution >= 0.6 is 43.5 Å². The number of carbonyl (C=O) groups is 3. The van der Waals surface area contributed by atoms with E-state index in [2.05, 4.69) is 37.2 Å². The Kier molecular flexibility index (Phi) is 7.21. The summed E-state index contributed by atoms with van der Waals surface area (Å²) in [5.74, 6) is -1.05. The van der Waals surface area contributed by atoms with Gasteiger partial charge in [-0.1, -0.05) is 55.6 Å². The van der Waals surface area contributed by atoms with E-state index in [9.17, 15) is 14.4 Å². The van der Waals surface area contributed by atoms with Crippen molar-refractivity contribution >= 4 is 73.1 Å². The molecule has 172 valence electrons. The monoisotopic (exact) mass is 602 g/mol. The number of ether oxygens (including phenoxy) is 1. The van der Waals surface area contributed by atoms with Crippen LogP contribution in [0.3, 0.4) is 0 Å². The summed E-state index contributed by atoms with van der Waals surface area (Å²) in [4.78, 5) is 39.3. The van der Waals surface area contributed by atoms with Crippen LogP contribution < -0.4 is 15.0 Å². The topological polar surface area (TPSA) is 75.7 Å². The minimum Gasteiger partial charge on any atom is -0.488 e. The molecule has 9 heteroatoms. The van der Waals surface area contributed by atoms with Crippen LogP contribution in [0.15, 0.2) is 75.2 Å². The van der Waals surface area contributed by atoms with Gasteiger partial charge in [0.25, 0.3) is 11.8 Å². The van der Waals surface area contributed by atoms with Crippen molar-refractivity contribution in [2.45, 2.75) is 13.5 Å². The van der Waals surface area contributed by atoms with Gasteiger partial charge in [-0.05, 0) is 72.7 Å². The van der Waals surface area contributed by atoms with E-state index in [0.717, 1.165) is 25.0 Å². The molecule has 0 aromatic heterocycles. The summed E-state index contributed by atoms with van der Waals surface area (Å²) in [5, 5.41) is 2.83. The Bertz CT molecular complexity index is 1360. The largest absolute Gasteiger partial charge is 0.488 e. The van der Waals surface area contributed by atoms with Crippen LogP contribution in [0.2, 0.25) is 5.02 Å². The molecule has 1 N–H and O–H groups in total. The van der Waals surface area contributed by atoms with Crippen molar-refractivity contribution in [3.05, 3.63) is 96.9 Å². The summed E-state index contributed by atoms with van der Waals surface area (Å²) in [6.45, 7) is 2.08. The average molecular weight is 605 g/mol. The molecule has 0 spiro atoms. The summed E-state index contributed by atoms with van der Waals surface area (Å²) >= 11 is 12.9. The van der Waals surface area contributed by atoms with E-state index in [0.29, 0.717) is 22.0 Å². The molecule has 34 heavy (non-hydrogen) atoms. The van der Waals surface area contributed by atoms with Gasteiger partial charge >= 0.3 is 6.03 Å². The number of imide groups is 2. The van der Waals surface area contributed by atoms with Crippen molar-refractivity contribution in [1.29, 1.82) is 0 Å². The highest BCUT2D eigenvalue weighted by Gasteiger charge is 2.37. The van der Waals surface area contributed by atoms with Gasteiger partial charge in [0.1, 0.15) is 17.9 Å². The Labute approximate surface area is 217 Å². The molecule has 0 radical (unpaired) electrons. The molecule has 3 aromatic carbocycles. The minimum absolute atomic E-state index is 0.189. The lowest BCUT2D eigenvalue weighted by Gasteiger charge is -2.27. The highest BCUT2D eigenvalue weighted by atomic mass is 79.9. The Morgan fingerprint density at radius 1 is 1.03 bits per heavy atom. The molecular formula is C25H17Br2ClN2O4. The molecule has 1 aliphatic rings. The van der Waals surface area contributed by atoms with Crippen molar-refractivity contribution in [2.24, 2.45) is 0 Å². The second kappa shape index (κ2) is 10.1. The summed E-state index contributed by atoms with van der Waals surface area (Å²) < 4.78 is 7.52. The summed E-state index contributed by atoms with van der Waals surface area (Å²) in [6.07, 6.45) is 1.42. The van der Waals surface area contributed by atoms with Gasteiger partial charge in [-0.2, -0.15) is 0 Å². The van der Waals surface area contributed by atoms with Gasteiger partial charge in [0.05, 0.1) is 5.69 Å². The number of hydrogen-bond donors (Lipinski definition) is 1. The first kappa shape index (κ1) is 24.2. The number of aryl methyl sites for hydroxylation is 1. The van der Waals surface area contributed by atoms with E-state index < -0.39 is 17.8 Å². The molecule has 6 nitrogen and oxygen atoms in total. The molecule has 1 aliphatic heterocycles. The maximum atomic E-state index is 13.3. The summed E-state index contributed by atoms with van der Waals surface area (Å²) in [7, 11) is 0. The van der Waals surface area contributed by atoms with Crippen LogP contribution in [0.4, 0.5) is 10.5 Å². The quantitative estimate of drug-likeness (QED) is 0.270. The zero-order valence-corrected chi connectivity index (χ0v) is 21.7. The molecule has 1 heterocycles. The van der Waals surface area contributed by atoms with E-state index in [1.807, 2.05) is 19.1 Å². The number of benzene rings is 3. The van der Waals surface area contributed by atoms with Crippen LogP contribution in [0, 0.1) is 6.92 Å². The number of carbonyl (C=O) groups excluding carboxylic acids is 3. The van der Waals surface area contributed by atoms with E-state index in [1.54, 1.807) is 48.5 Å². The summed E-state index contributed by atoms with van der Waals surface area (Å²) in [6, 6.07) is 16.8. The number of rotatable bonds is 5. The van der Waals surface area contributed by atoms with Gasteiger partial charge < -0.3 is 4.74 Å². The zero-order chi connectivity index (χ0) is 24.4. The smallest absolute Gasteiger partial charge is 0.335 e.